The highest BCUT2D eigenvalue weighted by Crippen LogP contribution is 2.16. The highest BCUT2D eigenvalue weighted by atomic mass is 32.2. The van der Waals surface area contributed by atoms with E-state index in [2.05, 4.69) is 10.0 Å². The predicted molar refractivity (Wildman–Crippen MR) is 90.3 cm³/mol. The molecule has 2 rings (SSSR count). The Morgan fingerprint density at radius 2 is 2.08 bits per heavy atom. The van der Waals surface area contributed by atoms with Crippen LogP contribution in [0, 0.1) is 0 Å². The summed E-state index contributed by atoms with van der Waals surface area (Å²) >= 11 is 0. The van der Waals surface area contributed by atoms with E-state index in [0.29, 0.717) is 25.5 Å². The molecule has 1 amide bonds. The summed E-state index contributed by atoms with van der Waals surface area (Å²) in [5.41, 5.74) is 0.551. The van der Waals surface area contributed by atoms with E-state index in [-0.39, 0.29) is 29.9 Å². The van der Waals surface area contributed by atoms with Gasteiger partial charge in [0.15, 0.2) is 0 Å². The Morgan fingerprint density at radius 3 is 2.71 bits per heavy atom. The van der Waals surface area contributed by atoms with Crippen LogP contribution in [0.1, 0.15) is 26.2 Å². The summed E-state index contributed by atoms with van der Waals surface area (Å²) in [6.45, 7) is 3.76. The maximum atomic E-state index is 12.2. The molecule has 8 heteroatoms. The molecule has 0 aromatic heterocycles. The molecule has 134 valence electrons. The molecule has 0 radical (unpaired) electrons. The molecule has 1 unspecified atom stereocenters. The second-order valence-corrected chi connectivity index (χ2v) is 7.27. The standard InChI is InChI=1S/C16H24N2O5S/c1-2-22-11-9-16(19)18-13-5-7-15(8-6-13)24(20,21)17-12-14-4-3-10-23-14/h5-8,14,17H,2-4,9-12H2,1H3,(H,18,19). The summed E-state index contributed by atoms with van der Waals surface area (Å²) < 4.78 is 37.5. The molecule has 1 saturated heterocycles. The fraction of sp³-hybridized carbons (Fsp3) is 0.562. The van der Waals surface area contributed by atoms with Gasteiger partial charge >= 0.3 is 0 Å². The van der Waals surface area contributed by atoms with Crippen LogP contribution < -0.4 is 10.0 Å². The minimum atomic E-state index is -3.57. The van der Waals surface area contributed by atoms with Crippen LogP contribution in [0.4, 0.5) is 5.69 Å². The molecule has 1 aromatic carbocycles. The van der Waals surface area contributed by atoms with Crippen LogP contribution in [-0.2, 0) is 24.3 Å². The zero-order chi connectivity index (χ0) is 17.4. The third-order valence-electron chi connectivity index (χ3n) is 3.65. The second kappa shape index (κ2) is 9.12. The van der Waals surface area contributed by atoms with E-state index in [0.717, 1.165) is 12.8 Å². The fourth-order valence-corrected chi connectivity index (χ4v) is 3.41. The number of carbonyl (C=O) groups excluding carboxylic acids is 1. The summed E-state index contributed by atoms with van der Waals surface area (Å²) in [6.07, 6.45) is 2.04. The number of anilines is 1. The average Bonchev–Trinajstić information content (AvgIpc) is 3.07. The maximum Gasteiger partial charge on any atom is 0.240 e. The van der Waals surface area contributed by atoms with Crippen molar-refractivity contribution in [2.45, 2.75) is 37.2 Å². The van der Waals surface area contributed by atoms with Crippen molar-refractivity contribution >= 4 is 21.6 Å². The Bertz CT molecular complexity index is 624. The van der Waals surface area contributed by atoms with Crippen LogP contribution in [0.3, 0.4) is 0 Å². The van der Waals surface area contributed by atoms with Crippen LogP contribution in [0.2, 0.25) is 0 Å². The molecule has 1 atom stereocenters. The number of amides is 1. The Kier molecular flexibility index (Phi) is 7.16. The number of sulfonamides is 1. The van der Waals surface area contributed by atoms with Crippen molar-refractivity contribution in [3.05, 3.63) is 24.3 Å². The van der Waals surface area contributed by atoms with E-state index in [1.807, 2.05) is 6.92 Å². The molecule has 1 aliphatic rings. The predicted octanol–water partition coefficient (Wildman–Crippen LogP) is 1.51. The highest BCUT2D eigenvalue weighted by Gasteiger charge is 2.20. The van der Waals surface area contributed by atoms with Crippen LogP contribution in [0.5, 0.6) is 0 Å². The zero-order valence-electron chi connectivity index (χ0n) is 13.8. The molecule has 0 aliphatic carbocycles. The van der Waals surface area contributed by atoms with Crippen LogP contribution in [0.25, 0.3) is 0 Å². The normalized spacial score (nSPS) is 17.8. The summed E-state index contributed by atoms with van der Waals surface area (Å²) in [5, 5.41) is 2.70. The average molecular weight is 356 g/mol. The molecular formula is C16H24N2O5S. The number of hydrogen-bond acceptors (Lipinski definition) is 5. The SMILES string of the molecule is CCOCCC(=O)Nc1ccc(S(=O)(=O)NCC2CCCO2)cc1. The van der Waals surface area contributed by atoms with Crippen molar-refractivity contribution < 1.29 is 22.7 Å². The Morgan fingerprint density at radius 1 is 1.33 bits per heavy atom. The van der Waals surface area contributed by atoms with Gasteiger partial charge in [-0.05, 0) is 44.0 Å². The first kappa shape index (κ1) is 18.9. The molecule has 1 heterocycles. The van der Waals surface area contributed by atoms with Crippen molar-refractivity contribution in [1.82, 2.24) is 4.72 Å². The van der Waals surface area contributed by atoms with Gasteiger partial charge in [-0.3, -0.25) is 4.79 Å². The quantitative estimate of drug-likeness (QED) is 0.654. The topological polar surface area (TPSA) is 93.7 Å². The number of carbonyl (C=O) groups is 1. The van der Waals surface area contributed by atoms with Crippen molar-refractivity contribution in [1.29, 1.82) is 0 Å². The van der Waals surface area contributed by atoms with E-state index >= 15 is 0 Å². The molecule has 1 aliphatic heterocycles. The molecule has 0 saturated carbocycles. The van der Waals surface area contributed by atoms with E-state index in [1.54, 1.807) is 12.1 Å². The lowest BCUT2D eigenvalue weighted by atomic mass is 10.2. The maximum absolute atomic E-state index is 12.2. The smallest absolute Gasteiger partial charge is 0.240 e. The van der Waals surface area contributed by atoms with Gasteiger partial charge in [0.1, 0.15) is 0 Å². The zero-order valence-corrected chi connectivity index (χ0v) is 14.6. The summed E-state index contributed by atoms with van der Waals surface area (Å²) in [5.74, 6) is -0.171. The first-order valence-electron chi connectivity index (χ1n) is 8.10. The number of hydrogen-bond donors (Lipinski definition) is 2. The molecule has 1 fully saturated rings. The van der Waals surface area contributed by atoms with Gasteiger partial charge in [0.05, 0.1) is 24.0 Å². The van der Waals surface area contributed by atoms with Crippen molar-refractivity contribution in [3.63, 3.8) is 0 Å². The lowest BCUT2D eigenvalue weighted by Gasteiger charge is -2.12. The van der Waals surface area contributed by atoms with Gasteiger partial charge in [0.25, 0.3) is 0 Å². The number of ether oxygens (including phenoxy) is 2. The molecule has 1 aromatic rings. The Labute approximate surface area is 142 Å². The van der Waals surface area contributed by atoms with Gasteiger partial charge < -0.3 is 14.8 Å². The van der Waals surface area contributed by atoms with Crippen molar-refractivity contribution in [2.24, 2.45) is 0 Å². The van der Waals surface area contributed by atoms with Crippen LogP contribution in [0.15, 0.2) is 29.2 Å². The van der Waals surface area contributed by atoms with Crippen molar-refractivity contribution in [2.75, 3.05) is 31.7 Å². The molecule has 24 heavy (non-hydrogen) atoms. The van der Waals surface area contributed by atoms with Crippen LogP contribution in [-0.4, -0.2) is 46.8 Å². The molecule has 7 nitrogen and oxygen atoms in total. The van der Waals surface area contributed by atoms with Gasteiger partial charge in [-0.2, -0.15) is 0 Å². The van der Waals surface area contributed by atoms with E-state index in [9.17, 15) is 13.2 Å². The number of benzene rings is 1. The third kappa shape index (κ3) is 5.86. The number of rotatable bonds is 9. The van der Waals surface area contributed by atoms with Crippen molar-refractivity contribution in [3.8, 4) is 0 Å². The Hall–Kier alpha value is -1.48. The fourth-order valence-electron chi connectivity index (χ4n) is 2.34. The lowest BCUT2D eigenvalue weighted by molar-refractivity contribution is -0.117. The first-order valence-corrected chi connectivity index (χ1v) is 9.58. The van der Waals surface area contributed by atoms with E-state index < -0.39 is 10.0 Å². The van der Waals surface area contributed by atoms with Gasteiger partial charge in [-0.25, -0.2) is 13.1 Å². The summed E-state index contributed by atoms with van der Waals surface area (Å²) in [4.78, 5) is 11.8. The first-order chi connectivity index (χ1) is 11.5. The molecule has 0 spiro atoms. The summed E-state index contributed by atoms with van der Waals surface area (Å²) in [6, 6.07) is 6.07. The highest BCUT2D eigenvalue weighted by molar-refractivity contribution is 7.89. The molecule has 2 N–H and O–H groups in total. The van der Waals surface area contributed by atoms with Gasteiger partial charge in [0.2, 0.25) is 15.9 Å². The summed E-state index contributed by atoms with van der Waals surface area (Å²) in [7, 11) is -3.57. The minimum Gasteiger partial charge on any atom is -0.381 e. The second-order valence-electron chi connectivity index (χ2n) is 5.51. The van der Waals surface area contributed by atoms with Gasteiger partial charge in [-0.1, -0.05) is 0 Å². The molecular weight excluding hydrogens is 332 g/mol. The Balaban J connectivity index is 1.86. The molecule has 0 bridgehead atoms. The van der Waals surface area contributed by atoms with Gasteiger partial charge in [-0.15, -0.1) is 0 Å². The largest absolute Gasteiger partial charge is 0.381 e. The monoisotopic (exact) mass is 356 g/mol. The van der Waals surface area contributed by atoms with Crippen LogP contribution >= 0.6 is 0 Å². The van der Waals surface area contributed by atoms with E-state index in [4.69, 9.17) is 9.47 Å². The lowest BCUT2D eigenvalue weighted by Crippen LogP contribution is -2.31. The minimum absolute atomic E-state index is 0.0522. The number of nitrogens with one attached hydrogen (secondary N) is 2. The van der Waals surface area contributed by atoms with E-state index in [1.165, 1.54) is 12.1 Å². The van der Waals surface area contributed by atoms with Gasteiger partial charge in [0, 0.05) is 25.4 Å². The third-order valence-corrected chi connectivity index (χ3v) is 5.09.